The minimum absolute atomic E-state index is 0.354. The zero-order valence-electron chi connectivity index (χ0n) is 14.9. The molecule has 3 heterocycles. The number of nitrogens with one attached hydrogen (secondary N) is 1. The van der Waals surface area contributed by atoms with Gasteiger partial charge in [-0.25, -0.2) is 0 Å². The predicted molar refractivity (Wildman–Crippen MR) is 100 cm³/mol. The first-order chi connectivity index (χ1) is 12.2. The molecule has 2 aromatic rings. The first-order valence-corrected chi connectivity index (χ1v) is 10.2. The number of imidazole rings is 1. The molecule has 0 spiro atoms. The van der Waals surface area contributed by atoms with Crippen LogP contribution in [0.15, 0.2) is 18.6 Å². The molecule has 0 saturated carbocycles. The Hall–Kier alpha value is -1.52. The van der Waals surface area contributed by atoms with Gasteiger partial charge in [-0.1, -0.05) is 0 Å². The molecular weight excluding hydrogens is 421 g/mol. The standard InChI is InChI=1S/C12H15AsN6O3S.C2H7N/c1-17-2-4-18(5-3-17)11-6-9(15-12(13)16-11)10-7-19(8-14-10)23(20,21)22;1-3-2/h6-8H,2-5H2,1H3,(H,20,21,22);3H,1-2H3. The molecule has 10 nitrogen and oxygen atoms in total. The van der Waals surface area contributed by atoms with Gasteiger partial charge < -0.3 is 5.32 Å². The van der Waals surface area contributed by atoms with Crippen molar-refractivity contribution >= 4 is 37.6 Å². The Balaban J connectivity index is 0.000000758. The van der Waals surface area contributed by atoms with Crippen molar-refractivity contribution in [1.82, 2.24) is 29.1 Å². The molecule has 0 unspecified atom stereocenters. The molecule has 12 heteroatoms. The Labute approximate surface area is 162 Å². The smallest absolute Gasteiger partial charge is 0.0167 e. The molecular formula is C14H22AsN7O3S. The zero-order valence-corrected chi connectivity index (χ0v) is 17.6. The Morgan fingerprint density at radius 1 is 1.15 bits per heavy atom. The van der Waals surface area contributed by atoms with Gasteiger partial charge in [0.1, 0.15) is 0 Å². The Morgan fingerprint density at radius 2 is 1.77 bits per heavy atom. The van der Waals surface area contributed by atoms with Crippen LogP contribution in [0.1, 0.15) is 0 Å². The van der Waals surface area contributed by atoms with E-state index in [0.29, 0.717) is 20.0 Å². The van der Waals surface area contributed by atoms with Gasteiger partial charge in [-0.3, -0.25) is 0 Å². The summed E-state index contributed by atoms with van der Waals surface area (Å²) in [6, 6.07) is 1.78. The van der Waals surface area contributed by atoms with Crippen molar-refractivity contribution in [3.8, 4) is 11.4 Å². The summed E-state index contributed by atoms with van der Waals surface area (Å²) in [5.74, 6) is 0.778. The quantitative estimate of drug-likeness (QED) is 0.426. The Bertz CT molecular complexity index is 835. The van der Waals surface area contributed by atoms with Gasteiger partial charge in [0.25, 0.3) is 0 Å². The summed E-state index contributed by atoms with van der Waals surface area (Å²) >= 11 is 2.28. The van der Waals surface area contributed by atoms with Crippen molar-refractivity contribution in [2.75, 3.05) is 52.2 Å². The fourth-order valence-corrected chi connectivity index (χ4v) is 3.16. The molecule has 0 atom stereocenters. The van der Waals surface area contributed by atoms with Gasteiger partial charge >= 0.3 is 142 Å². The molecule has 1 aliphatic heterocycles. The monoisotopic (exact) mass is 443 g/mol. The molecule has 1 saturated heterocycles. The third-order valence-electron chi connectivity index (χ3n) is 3.62. The first-order valence-electron chi connectivity index (χ1n) is 7.87. The van der Waals surface area contributed by atoms with Crippen LogP contribution < -0.4 is 14.8 Å². The maximum atomic E-state index is 11.1. The third kappa shape index (κ3) is 5.49. The summed E-state index contributed by atoms with van der Waals surface area (Å²) in [6.45, 7) is 3.62. The van der Waals surface area contributed by atoms with Crippen LogP contribution in [0.25, 0.3) is 11.4 Å². The second-order valence-electron chi connectivity index (χ2n) is 5.77. The minimum atomic E-state index is -4.35. The van der Waals surface area contributed by atoms with Gasteiger partial charge in [0.2, 0.25) is 0 Å². The molecule has 0 amide bonds. The van der Waals surface area contributed by atoms with Gasteiger partial charge in [-0.05, 0) is 14.1 Å². The van der Waals surface area contributed by atoms with Crippen LogP contribution in [0.2, 0.25) is 0 Å². The first kappa shape index (κ1) is 20.8. The van der Waals surface area contributed by atoms with Crippen molar-refractivity contribution in [2.45, 2.75) is 0 Å². The van der Waals surface area contributed by atoms with Crippen molar-refractivity contribution in [2.24, 2.45) is 0 Å². The third-order valence-corrected chi connectivity index (χ3v) is 4.77. The minimum Gasteiger partial charge on any atom is -0.323 e. The summed E-state index contributed by atoms with van der Waals surface area (Å²) in [4.78, 5) is 17.1. The molecule has 1 fully saturated rings. The number of piperazine rings is 1. The number of rotatable bonds is 3. The average molecular weight is 443 g/mol. The molecule has 2 aromatic heterocycles. The molecule has 0 aliphatic carbocycles. The molecule has 2 N–H and O–H groups in total. The molecule has 0 aromatic carbocycles. The maximum Gasteiger partial charge on any atom is -0.0167 e. The number of likely N-dealkylation sites (N-methyl/N-ethyl adjacent to an activating group) is 1. The molecule has 1 aliphatic rings. The number of hydrogen-bond acceptors (Lipinski definition) is 8. The van der Waals surface area contributed by atoms with Crippen LogP contribution in [0.3, 0.4) is 0 Å². The Kier molecular flexibility index (Phi) is 7.13. The maximum absolute atomic E-state index is 11.1. The van der Waals surface area contributed by atoms with Crippen molar-refractivity contribution < 1.29 is 13.0 Å². The molecule has 142 valence electrons. The van der Waals surface area contributed by atoms with Gasteiger partial charge in [-0.15, -0.1) is 0 Å². The van der Waals surface area contributed by atoms with Crippen molar-refractivity contribution in [3.05, 3.63) is 18.6 Å². The number of aromatic nitrogens is 4. The van der Waals surface area contributed by atoms with Crippen molar-refractivity contribution in [3.63, 3.8) is 0 Å². The molecule has 0 bridgehead atoms. The van der Waals surface area contributed by atoms with E-state index in [-0.39, 0.29) is 0 Å². The van der Waals surface area contributed by atoms with Gasteiger partial charge in [-0.2, -0.15) is 0 Å². The van der Waals surface area contributed by atoms with Crippen LogP contribution in [0, 0.1) is 0 Å². The molecule has 2 radical (unpaired) electrons. The topological polar surface area (TPSA) is 116 Å². The fourth-order valence-electron chi connectivity index (χ4n) is 2.32. The Morgan fingerprint density at radius 3 is 2.31 bits per heavy atom. The second-order valence-corrected chi connectivity index (χ2v) is 7.92. The number of hydrogen-bond donors (Lipinski definition) is 2. The van der Waals surface area contributed by atoms with Crippen LogP contribution >= 0.6 is 0 Å². The van der Waals surface area contributed by atoms with Crippen molar-refractivity contribution in [1.29, 1.82) is 0 Å². The van der Waals surface area contributed by atoms with Gasteiger partial charge in [0.15, 0.2) is 0 Å². The van der Waals surface area contributed by atoms with E-state index in [2.05, 4.69) is 54.0 Å². The molecule has 3 rings (SSSR count). The van der Waals surface area contributed by atoms with E-state index in [1.165, 1.54) is 6.20 Å². The zero-order chi connectivity index (χ0) is 19.3. The van der Waals surface area contributed by atoms with Crippen LogP contribution in [0.5, 0.6) is 0 Å². The largest absolute Gasteiger partial charge is 0.323 e. The summed E-state index contributed by atoms with van der Waals surface area (Å²) in [5, 5.41) is 2.75. The van der Waals surface area contributed by atoms with E-state index in [1.807, 2.05) is 14.1 Å². The SMILES string of the molecule is CN1CCN(c2cc(-c3cn(S(=O)(=O)O)cn3)nc([As])n2)CC1.CNC. The normalized spacial score (nSPS) is 15.5. The van der Waals surface area contributed by atoms with E-state index in [4.69, 9.17) is 4.55 Å². The summed E-state index contributed by atoms with van der Waals surface area (Å²) in [7, 11) is 1.48. The van der Waals surface area contributed by atoms with E-state index in [0.717, 1.165) is 38.3 Å². The predicted octanol–water partition coefficient (Wildman–Crippen LogP) is -1.63. The van der Waals surface area contributed by atoms with E-state index < -0.39 is 10.3 Å². The van der Waals surface area contributed by atoms with Gasteiger partial charge in [0, 0.05) is 0 Å². The van der Waals surface area contributed by atoms with Gasteiger partial charge in [0.05, 0.1) is 0 Å². The summed E-state index contributed by atoms with van der Waals surface area (Å²) in [6.07, 6.45) is 2.25. The summed E-state index contributed by atoms with van der Waals surface area (Å²) < 4.78 is 32.4. The molecule has 26 heavy (non-hydrogen) atoms. The van der Waals surface area contributed by atoms with E-state index in [1.54, 1.807) is 6.07 Å². The van der Waals surface area contributed by atoms with Crippen LogP contribution in [-0.4, -0.2) is 101 Å². The van der Waals surface area contributed by atoms with E-state index in [9.17, 15) is 8.42 Å². The van der Waals surface area contributed by atoms with Crippen LogP contribution in [-0.2, 0) is 10.3 Å². The van der Waals surface area contributed by atoms with E-state index >= 15 is 0 Å². The average Bonchev–Trinajstić information content (AvgIpc) is 3.06. The second kappa shape index (κ2) is 8.92. The van der Waals surface area contributed by atoms with Crippen LogP contribution in [0.4, 0.5) is 5.82 Å². The number of anilines is 1. The summed E-state index contributed by atoms with van der Waals surface area (Å²) in [5.41, 5.74) is 0.861. The fraction of sp³-hybridized carbons (Fsp3) is 0.500. The number of nitrogens with zero attached hydrogens (tertiary/aromatic N) is 6.